The standard InChI is InChI=1S/C12H17BrN2O3S/c1-2-8-14-12(16)7-9-15-19(17,18)11-5-3-10(13)4-6-11/h3-6,15H,2,7-9H2,1H3,(H,14,16). The van der Waals surface area contributed by atoms with Crippen LogP contribution in [0.3, 0.4) is 0 Å². The highest BCUT2D eigenvalue weighted by Crippen LogP contribution is 2.14. The summed E-state index contributed by atoms with van der Waals surface area (Å²) in [6, 6.07) is 6.32. The highest BCUT2D eigenvalue weighted by molar-refractivity contribution is 9.10. The molecule has 2 N–H and O–H groups in total. The molecule has 0 radical (unpaired) electrons. The van der Waals surface area contributed by atoms with E-state index in [1.807, 2.05) is 6.92 Å². The van der Waals surface area contributed by atoms with E-state index in [4.69, 9.17) is 0 Å². The summed E-state index contributed by atoms with van der Waals surface area (Å²) in [5.41, 5.74) is 0. The minimum atomic E-state index is -3.54. The molecule has 7 heteroatoms. The third kappa shape index (κ3) is 5.71. The van der Waals surface area contributed by atoms with Crippen LogP contribution < -0.4 is 10.0 Å². The molecule has 0 saturated heterocycles. The third-order valence-corrected chi connectivity index (χ3v) is 4.35. The molecule has 0 saturated carbocycles. The Morgan fingerprint density at radius 2 is 1.84 bits per heavy atom. The van der Waals surface area contributed by atoms with Crippen LogP contribution in [0.4, 0.5) is 0 Å². The zero-order valence-corrected chi connectivity index (χ0v) is 13.1. The summed E-state index contributed by atoms with van der Waals surface area (Å²) in [6.45, 7) is 2.66. The van der Waals surface area contributed by atoms with E-state index in [0.717, 1.165) is 10.9 Å². The van der Waals surface area contributed by atoms with E-state index >= 15 is 0 Å². The average Bonchev–Trinajstić information content (AvgIpc) is 2.36. The van der Waals surface area contributed by atoms with Gasteiger partial charge in [-0.15, -0.1) is 0 Å². The highest BCUT2D eigenvalue weighted by atomic mass is 79.9. The molecule has 1 amide bonds. The first kappa shape index (κ1) is 16.1. The van der Waals surface area contributed by atoms with Crippen LogP contribution in [0.25, 0.3) is 0 Å². The first-order valence-electron chi connectivity index (χ1n) is 5.97. The Balaban J connectivity index is 2.47. The second-order valence-electron chi connectivity index (χ2n) is 3.95. The van der Waals surface area contributed by atoms with E-state index in [1.54, 1.807) is 12.1 Å². The fraction of sp³-hybridized carbons (Fsp3) is 0.417. The summed E-state index contributed by atoms with van der Waals surface area (Å²) in [5.74, 6) is -0.152. The van der Waals surface area contributed by atoms with Gasteiger partial charge in [0.15, 0.2) is 0 Å². The fourth-order valence-corrected chi connectivity index (χ4v) is 2.64. The van der Waals surface area contributed by atoms with Crippen molar-refractivity contribution in [3.8, 4) is 0 Å². The van der Waals surface area contributed by atoms with Crippen LogP contribution >= 0.6 is 15.9 Å². The average molecular weight is 349 g/mol. The van der Waals surface area contributed by atoms with Crippen molar-refractivity contribution in [1.29, 1.82) is 0 Å². The monoisotopic (exact) mass is 348 g/mol. The van der Waals surface area contributed by atoms with Gasteiger partial charge in [-0.05, 0) is 30.7 Å². The summed E-state index contributed by atoms with van der Waals surface area (Å²) in [4.78, 5) is 11.5. The fourth-order valence-electron chi connectivity index (χ4n) is 1.35. The van der Waals surface area contributed by atoms with Crippen molar-refractivity contribution in [2.75, 3.05) is 13.1 Å². The lowest BCUT2D eigenvalue weighted by molar-refractivity contribution is -0.120. The number of rotatable bonds is 7. The molecule has 0 aliphatic rings. The topological polar surface area (TPSA) is 75.3 Å². The van der Waals surface area contributed by atoms with E-state index in [9.17, 15) is 13.2 Å². The van der Waals surface area contributed by atoms with Crippen molar-refractivity contribution >= 4 is 31.9 Å². The van der Waals surface area contributed by atoms with Crippen molar-refractivity contribution < 1.29 is 13.2 Å². The molecule has 1 aromatic carbocycles. The highest BCUT2D eigenvalue weighted by Gasteiger charge is 2.13. The number of sulfonamides is 1. The molecule has 5 nitrogen and oxygen atoms in total. The zero-order valence-electron chi connectivity index (χ0n) is 10.6. The number of hydrogen-bond acceptors (Lipinski definition) is 3. The van der Waals surface area contributed by atoms with Gasteiger partial charge in [-0.25, -0.2) is 13.1 Å². The second-order valence-corrected chi connectivity index (χ2v) is 6.63. The van der Waals surface area contributed by atoms with Crippen molar-refractivity contribution in [1.82, 2.24) is 10.0 Å². The second kappa shape index (κ2) is 7.62. The van der Waals surface area contributed by atoms with Crippen LogP contribution in [-0.4, -0.2) is 27.4 Å². The van der Waals surface area contributed by atoms with E-state index in [2.05, 4.69) is 26.0 Å². The van der Waals surface area contributed by atoms with Gasteiger partial charge in [0.1, 0.15) is 0 Å². The maximum absolute atomic E-state index is 11.9. The van der Waals surface area contributed by atoms with Crippen molar-refractivity contribution in [3.63, 3.8) is 0 Å². The lowest BCUT2D eigenvalue weighted by Crippen LogP contribution is -2.31. The molecule has 1 aromatic rings. The Bertz CT molecular complexity index is 514. The van der Waals surface area contributed by atoms with Crippen LogP contribution in [-0.2, 0) is 14.8 Å². The van der Waals surface area contributed by atoms with Gasteiger partial charge < -0.3 is 5.32 Å². The number of hydrogen-bond donors (Lipinski definition) is 2. The quantitative estimate of drug-likeness (QED) is 0.786. The summed E-state index contributed by atoms with van der Waals surface area (Å²) in [5, 5.41) is 2.69. The van der Waals surface area contributed by atoms with Gasteiger partial charge in [-0.1, -0.05) is 22.9 Å². The summed E-state index contributed by atoms with van der Waals surface area (Å²) < 4.78 is 27.0. The minimum Gasteiger partial charge on any atom is -0.356 e. The van der Waals surface area contributed by atoms with E-state index in [0.29, 0.717) is 6.54 Å². The number of carbonyl (C=O) groups is 1. The van der Waals surface area contributed by atoms with Gasteiger partial charge in [0.25, 0.3) is 0 Å². The van der Waals surface area contributed by atoms with Crippen molar-refractivity contribution in [3.05, 3.63) is 28.7 Å². The summed E-state index contributed by atoms with van der Waals surface area (Å²) in [6.07, 6.45) is 0.992. The van der Waals surface area contributed by atoms with Gasteiger partial charge in [0.05, 0.1) is 4.90 Å². The predicted octanol–water partition coefficient (Wildman–Crippen LogP) is 1.64. The first-order chi connectivity index (χ1) is 8.95. The van der Waals surface area contributed by atoms with Crippen LogP contribution in [0, 0.1) is 0 Å². The Labute approximate surface area is 122 Å². The third-order valence-electron chi connectivity index (χ3n) is 2.34. The van der Waals surface area contributed by atoms with Crippen LogP contribution in [0.2, 0.25) is 0 Å². The molecular formula is C12H17BrN2O3S. The smallest absolute Gasteiger partial charge is 0.240 e. The molecular weight excluding hydrogens is 332 g/mol. The maximum Gasteiger partial charge on any atom is 0.240 e. The number of benzene rings is 1. The zero-order chi connectivity index (χ0) is 14.3. The molecule has 0 spiro atoms. The van der Waals surface area contributed by atoms with Crippen LogP contribution in [0.5, 0.6) is 0 Å². The lowest BCUT2D eigenvalue weighted by Gasteiger charge is -2.07. The normalized spacial score (nSPS) is 11.3. The molecule has 19 heavy (non-hydrogen) atoms. The van der Waals surface area contributed by atoms with Crippen LogP contribution in [0.15, 0.2) is 33.6 Å². The molecule has 106 valence electrons. The van der Waals surface area contributed by atoms with E-state index in [1.165, 1.54) is 12.1 Å². The molecule has 0 fully saturated rings. The Hall–Kier alpha value is -0.920. The number of nitrogens with one attached hydrogen (secondary N) is 2. The van der Waals surface area contributed by atoms with Crippen molar-refractivity contribution in [2.24, 2.45) is 0 Å². The molecule has 0 bridgehead atoms. The largest absolute Gasteiger partial charge is 0.356 e. The van der Waals surface area contributed by atoms with Gasteiger partial charge in [0.2, 0.25) is 15.9 Å². The van der Waals surface area contributed by atoms with Gasteiger partial charge >= 0.3 is 0 Å². The number of carbonyl (C=O) groups excluding carboxylic acids is 1. The van der Waals surface area contributed by atoms with Gasteiger partial charge in [-0.3, -0.25) is 4.79 Å². The molecule has 0 heterocycles. The maximum atomic E-state index is 11.9. The summed E-state index contributed by atoms with van der Waals surface area (Å²) in [7, 11) is -3.54. The Morgan fingerprint density at radius 3 is 2.42 bits per heavy atom. The van der Waals surface area contributed by atoms with E-state index < -0.39 is 10.0 Å². The molecule has 0 atom stereocenters. The number of halogens is 1. The molecule has 1 rings (SSSR count). The lowest BCUT2D eigenvalue weighted by atomic mass is 10.4. The van der Waals surface area contributed by atoms with Gasteiger partial charge in [0, 0.05) is 24.0 Å². The van der Waals surface area contributed by atoms with Gasteiger partial charge in [-0.2, -0.15) is 0 Å². The molecule has 0 aromatic heterocycles. The Morgan fingerprint density at radius 1 is 1.21 bits per heavy atom. The molecule has 0 aliphatic heterocycles. The van der Waals surface area contributed by atoms with E-state index in [-0.39, 0.29) is 23.8 Å². The van der Waals surface area contributed by atoms with Crippen LogP contribution in [0.1, 0.15) is 19.8 Å². The minimum absolute atomic E-state index is 0.0912. The number of amides is 1. The van der Waals surface area contributed by atoms with Crippen molar-refractivity contribution in [2.45, 2.75) is 24.7 Å². The molecule has 0 unspecified atom stereocenters. The Kier molecular flexibility index (Phi) is 6.47. The SMILES string of the molecule is CCCNC(=O)CCNS(=O)(=O)c1ccc(Br)cc1. The predicted molar refractivity (Wildman–Crippen MR) is 77.2 cm³/mol. The first-order valence-corrected chi connectivity index (χ1v) is 8.25. The summed E-state index contributed by atoms with van der Waals surface area (Å²) >= 11 is 3.24. The molecule has 0 aliphatic carbocycles.